The van der Waals surface area contributed by atoms with Gasteiger partial charge in [0, 0.05) is 19.7 Å². The SMILES string of the molecule is Cc1cc2c(cc1OCc1ccc(C(F)(F)F)cc1)CN(Cc1nc3ccc(C(=O)O)cc3n1C[C@@H]1CCO1)CC2. The molecule has 1 fully saturated rings. The number of hydrogen-bond acceptors (Lipinski definition) is 5. The Balaban J connectivity index is 1.19. The molecule has 214 valence electrons. The molecule has 0 bridgehead atoms. The van der Waals surface area contributed by atoms with Gasteiger partial charge in [-0.3, -0.25) is 4.90 Å². The third-order valence-electron chi connectivity index (χ3n) is 7.88. The number of carboxylic acid groups (broad SMARTS) is 1. The number of imidazole rings is 1. The van der Waals surface area contributed by atoms with Crippen molar-refractivity contribution in [2.24, 2.45) is 0 Å². The minimum atomic E-state index is -4.36. The number of halogens is 3. The number of carboxylic acids is 1. The van der Waals surface area contributed by atoms with Gasteiger partial charge in [0.15, 0.2) is 0 Å². The van der Waals surface area contributed by atoms with E-state index in [1.807, 2.05) is 13.0 Å². The van der Waals surface area contributed by atoms with Crippen LogP contribution in [0.3, 0.4) is 0 Å². The third kappa shape index (κ3) is 5.80. The van der Waals surface area contributed by atoms with Gasteiger partial charge in [-0.05, 0) is 78.4 Å². The van der Waals surface area contributed by atoms with Crippen LogP contribution in [0.5, 0.6) is 5.75 Å². The summed E-state index contributed by atoms with van der Waals surface area (Å²) in [4.78, 5) is 18.8. The maximum atomic E-state index is 12.9. The highest BCUT2D eigenvalue weighted by Crippen LogP contribution is 2.31. The molecule has 0 saturated carbocycles. The van der Waals surface area contributed by atoms with Crippen LogP contribution in [0, 0.1) is 6.92 Å². The monoisotopic (exact) mass is 565 g/mol. The largest absolute Gasteiger partial charge is 0.489 e. The summed E-state index contributed by atoms with van der Waals surface area (Å²) in [5, 5.41) is 9.51. The summed E-state index contributed by atoms with van der Waals surface area (Å²) in [5.41, 5.74) is 5.15. The lowest BCUT2D eigenvalue weighted by Crippen LogP contribution is -2.34. The van der Waals surface area contributed by atoms with Crippen LogP contribution in [0.25, 0.3) is 11.0 Å². The lowest BCUT2D eigenvalue weighted by molar-refractivity contribution is -0.137. The van der Waals surface area contributed by atoms with Crippen molar-refractivity contribution in [2.45, 2.75) is 58.3 Å². The second-order valence-corrected chi connectivity index (χ2v) is 10.8. The molecule has 0 amide bonds. The molecular formula is C31H30F3N3O4. The Kier molecular flexibility index (Phi) is 7.21. The fourth-order valence-electron chi connectivity index (χ4n) is 5.47. The summed E-state index contributed by atoms with van der Waals surface area (Å²) in [6.45, 7) is 5.65. The van der Waals surface area contributed by atoms with E-state index >= 15 is 0 Å². The van der Waals surface area contributed by atoms with Crippen LogP contribution in [0.15, 0.2) is 54.6 Å². The van der Waals surface area contributed by atoms with Gasteiger partial charge in [-0.1, -0.05) is 18.2 Å². The molecule has 1 N–H and O–H groups in total. The molecular weight excluding hydrogens is 535 g/mol. The Morgan fingerprint density at radius 1 is 1.12 bits per heavy atom. The Bertz CT molecular complexity index is 1590. The summed E-state index contributed by atoms with van der Waals surface area (Å²) in [6, 6.07) is 14.2. The standard InChI is InChI=1S/C31H30F3N3O4/c1-19-12-21-8-10-36(15-23(21)14-28(19)41-18-20-2-5-24(6-3-20)31(32,33)34)17-29-35-26-7-4-22(30(38)39)13-27(26)37(29)16-25-9-11-40-25/h2-7,12-14,25H,8-11,15-18H2,1H3,(H,38,39)/t25-/m0/s1. The van der Waals surface area contributed by atoms with E-state index in [4.69, 9.17) is 14.5 Å². The van der Waals surface area contributed by atoms with Crippen molar-refractivity contribution >= 4 is 17.0 Å². The smallest absolute Gasteiger partial charge is 0.416 e. The number of rotatable bonds is 8. The van der Waals surface area contributed by atoms with Crippen LogP contribution in [0.2, 0.25) is 0 Å². The van der Waals surface area contributed by atoms with Crippen molar-refractivity contribution in [1.82, 2.24) is 14.5 Å². The zero-order chi connectivity index (χ0) is 28.7. The summed E-state index contributed by atoms with van der Waals surface area (Å²) in [7, 11) is 0. The molecule has 2 aliphatic heterocycles. The Morgan fingerprint density at radius 2 is 1.90 bits per heavy atom. The average Bonchev–Trinajstić information content (AvgIpc) is 3.25. The van der Waals surface area contributed by atoms with Gasteiger partial charge in [-0.25, -0.2) is 9.78 Å². The third-order valence-corrected chi connectivity index (χ3v) is 7.88. The van der Waals surface area contributed by atoms with Gasteiger partial charge in [0.25, 0.3) is 0 Å². The lowest BCUT2D eigenvalue weighted by Gasteiger charge is -2.31. The van der Waals surface area contributed by atoms with E-state index in [9.17, 15) is 23.1 Å². The first kappa shape index (κ1) is 27.3. The van der Waals surface area contributed by atoms with E-state index in [1.54, 1.807) is 18.2 Å². The number of aromatic carboxylic acids is 1. The molecule has 7 nitrogen and oxygen atoms in total. The second kappa shape index (κ2) is 10.8. The van der Waals surface area contributed by atoms with E-state index in [1.165, 1.54) is 17.7 Å². The molecule has 1 atom stereocenters. The topological polar surface area (TPSA) is 76.8 Å². The van der Waals surface area contributed by atoms with Crippen molar-refractivity contribution in [3.63, 3.8) is 0 Å². The molecule has 0 aliphatic carbocycles. The number of aromatic nitrogens is 2. The molecule has 4 aromatic rings. The van der Waals surface area contributed by atoms with Gasteiger partial charge in [0.2, 0.25) is 0 Å². The van der Waals surface area contributed by atoms with Gasteiger partial charge in [-0.15, -0.1) is 0 Å². The molecule has 3 aromatic carbocycles. The molecule has 2 aliphatic rings. The molecule has 0 spiro atoms. The average molecular weight is 566 g/mol. The maximum absolute atomic E-state index is 12.9. The Labute approximate surface area is 235 Å². The second-order valence-electron chi connectivity index (χ2n) is 10.8. The van der Waals surface area contributed by atoms with Gasteiger partial charge in [0.05, 0.1) is 41.4 Å². The normalized spacial score (nSPS) is 17.3. The van der Waals surface area contributed by atoms with Crippen molar-refractivity contribution in [2.75, 3.05) is 13.2 Å². The quantitative estimate of drug-likeness (QED) is 0.283. The predicted octanol–water partition coefficient (Wildman–Crippen LogP) is 5.99. The predicted molar refractivity (Wildman–Crippen MR) is 146 cm³/mol. The Hall–Kier alpha value is -3.89. The number of carbonyl (C=O) groups is 1. The summed E-state index contributed by atoms with van der Waals surface area (Å²) < 4.78 is 52.5. The highest BCUT2D eigenvalue weighted by atomic mass is 19.4. The number of alkyl halides is 3. The number of ether oxygens (including phenoxy) is 2. The van der Waals surface area contributed by atoms with E-state index in [-0.39, 0.29) is 18.3 Å². The van der Waals surface area contributed by atoms with Crippen LogP contribution >= 0.6 is 0 Å². The molecule has 3 heterocycles. The fourth-order valence-corrected chi connectivity index (χ4v) is 5.47. The van der Waals surface area contributed by atoms with E-state index < -0.39 is 17.7 Å². The first-order valence-electron chi connectivity index (χ1n) is 13.6. The molecule has 0 radical (unpaired) electrons. The molecule has 1 aromatic heterocycles. The maximum Gasteiger partial charge on any atom is 0.416 e. The van der Waals surface area contributed by atoms with Crippen molar-refractivity contribution < 1.29 is 32.5 Å². The van der Waals surface area contributed by atoms with Crippen LogP contribution in [-0.4, -0.2) is 44.8 Å². The van der Waals surface area contributed by atoms with Crippen LogP contribution in [0.4, 0.5) is 13.2 Å². The summed E-state index contributed by atoms with van der Waals surface area (Å²) in [5.74, 6) is 0.605. The zero-order valence-corrected chi connectivity index (χ0v) is 22.6. The van der Waals surface area contributed by atoms with Crippen molar-refractivity contribution in [3.05, 3.63) is 93.8 Å². The number of hydrogen-bond donors (Lipinski definition) is 1. The van der Waals surface area contributed by atoms with Crippen LogP contribution in [0.1, 0.15) is 50.4 Å². The highest BCUT2D eigenvalue weighted by Gasteiger charge is 2.30. The number of fused-ring (bicyclic) bond motifs is 2. The molecule has 6 rings (SSSR count). The zero-order valence-electron chi connectivity index (χ0n) is 22.6. The number of benzene rings is 3. The van der Waals surface area contributed by atoms with Gasteiger partial charge in [0.1, 0.15) is 18.2 Å². The summed E-state index contributed by atoms with van der Waals surface area (Å²) in [6.07, 6.45) is -2.45. The van der Waals surface area contributed by atoms with Gasteiger partial charge >= 0.3 is 12.1 Å². The van der Waals surface area contributed by atoms with E-state index in [0.717, 1.165) is 66.1 Å². The lowest BCUT2D eigenvalue weighted by atomic mass is 9.97. The van der Waals surface area contributed by atoms with Gasteiger partial charge < -0.3 is 19.1 Å². The minimum Gasteiger partial charge on any atom is -0.489 e. The minimum absolute atomic E-state index is 0.0917. The molecule has 41 heavy (non-hydrogen) atoms. The van der Waals surface area contributed by atoms with Crippen molar-refractivity contribution in [1.29, 1.82) is 0 Å². The Morgan fingerprint density at radius 3 is 2.59 bits per heavy atom. The number of nitrogens with zero attached hydrogens (tertiary/aromatic N) is 3. The summed E-state index contributed by atoms with van der Waals surface area (Å²) >= 11 is 0. The highest BCUT2D eigenvalue weighted by molar-refractivity contribution is 5.92. The molecule has 10 heteroatoms. The fraction of sp³-hybridized carbons (Fsp3) is 0.355. The first-order valence-corrected chi connectivity index (χ1v) is 13.6. The van der Waals surface area contributed by atoms with Crippen LogP contribution in [-0.2, 0) is 43.6 Å². The first-order chi connectivity index (χ1) is 19.6. The van der Waals surface area contributed by atoms with Crippen molar-refractivity contribution in [3.8, 4) is 5.75 Å². The van der Waals surface area contributed by atoms with Gasteiger partial charge in [-0.2, -0.15) is 13.2 Å². The molecule has 0 unspecified atom stereocenters. The number of aryl methyl sites for hydroxylation is 1. The van der Waals surface area contributed by atoms with E-state index in [2.05, 4.69) is 15.5 Å². The van der Waals surface area contributed by atoms with E-state index in [0.29, 0.717) is 30.9 Å². The molecule has 1 saturated heterocycles. The van der Waals surface area contributed by atoms with Crippen LogP contribution < -0.4 is 4.74 Å².